The number of carbonyl (C=O) groups is 1. The van der Waals surface area contributed by atoms with Gasteiger partial charge in [0, 0.05) is 13.1 Å². The van der Waals surface area contributed by atoms with Crippen molar-refractivity contribution >= 4 is 5.91 Å². The van der Waals surface area contributed by atoms with Crippen LogP contribution in [0.1, 0.15) is 45.4 Å². The summed E-state index contributed by atoms with van der Waals surface area (Å²) < 4.78 is 0. The summed E-state index contributed by atoms with van der Waals surface area (Å²) in [5, 5.41) is 12.8. The van der Waals surface area contributed by atoms with Crippen LogP contribution in [0.25, 0.3) is 0 Å². The summed E-state index contributed by atoms with van der Waals surface area (Å²) in [4.78, 5) is 14.1. The molecule has 0 aromatic carbocycles. The zero-order valence-corrected chi connectivity index (χ0v) is 11.4. The maximum atomic E-state index is 12.1. The number of nitrogens with one attached hydrogen (secondary N) is 1. The lowest BCUT2D eigenvalue weighted by molar-refractivity contribution is -0.132. The molecule has 0 radical (unpaired) electrons. The lowest BCUT2D eigenvalue weighted by Gasteiger charge is -2.27. The SMILES string of the molecule is CC(NCC1CCC(O)CC1)C(=O)N1CCCC1. The quantitative estimate of drug-likeness (QED) is 0.791. The number of aliphatic hydroxyl groups excluding tert-OH is 1. The van der Waals surface area contributed by atoms with Gasteiger partial charge in [0.2, 0.25) is 5.91 Å². The van der Waals surface area contributed by atoms with Crippen LogP contribution in [-0.2, 0) is 4.79 Å². The molecule has 2 fully saturated rings. The van der Waals surface area contributed by atoms with Crippen molar-refractivity contribution in [1.29, 1.82) is 0 Å². The molecule has 0 bridgehead atoms. The number of hydrogen-bond donors (Lipinski definition) is 2. The summed E-state index contributed by atoms with van der Waals surface area (Å²) in [6.45, 7) is 4.74. The Bertz CT molecular complexity index is 269. The molecule has 1 atom stereocenters. The average Bonchev–Trinajstić information content (AvgIpc) is 2.90. The number of hydrogen-bond acceptors (Lipinski definition) is 3. The fourth-order valence-electron chi connectivity index (χ4n) is 2.99. The van der Waals surface area contributed by atoms with Gasteiger partial charge in [-0.2, -0.15) is 0 Å². The van der Waals surface area contributed by atoms with E-state index >= 15 is 0 Å². The first-order chi connectivity index (χ1) is 8.66. The van der Waals surface area contributed by atoms with Gasteiger partial charge in [0.05, 0.1) is 12.1 Å². The average molecular weight is 254 g/mol. The summed E-state index contributed by atoms with van der Waals surface area (Å²) in [7, 11) is 0. The summed E-state index contributed by atoms with van der Waals surface area (Å²) in [5.41, 5.74) is 0. The second-order valence-corrected chi connectivity index (χ2v) is 5.84. The second-order valence-electron chi connectivity index (χ2n) is 5.84. The number of amides is 1. The number of aliphatic hydroxyl groups is 1. The first kappa shape index (κ1) is 13.8. The van der Waals surface area contributed by atoms with E-state index in [2.05, 4.69) is 5.32 Å². The molecule has 0 spiro atoms. The minimum absolute atomic E-state index is 0.0602. The molecule has 18 heavy (non-hydrogen) atoms. The molecule has 0 aromatic rings. The van der Waals surface area contributed by atoms with E-state index in [-0.39, 0.29) is 18.1 Å². The van der Waals surface area contributed by atoms with Crippen molar-refractivity contribution < 1.29 is 9.90 Å². The van der Waals surface area contributed by atoms with Crippen LogP contribution in [0, 0.1) is 5.92 Å². The number of likely N-dealkylation sites (tertiary alicyclic amines) is 1. The molecule has 0 aromatic heterocycles. The Hall–Kier alpha value is -0.610. The van der Waals surface area contributed by atoms with Gasteiger partial charge in [0.25, 0.3) is 0 Å². The molecular formula is C14H26N2O2. The van der Waals surface area contributed by atoms with Crippen molar-refractivity contribution in [2.45, 2.75) is 57.6 Å². The summed E-state index contributed by atoms with van der Waals surface area (Å²) in [6, 6.07) is -0.0602. The Labute approximate surface area is 110 Å². The van der Waals surface area contributed by atoms with Crippen molar-refractivity contribution in [3.05, 3.63) is 0 Å². The van der Waals surface area contributed by atoms with Crippen LogP contribution in [0.4, 0.5) is 0 Å². The van der Waals surface area contributed by atoms with Gasteiger partial charge < -0.3 is 15.3 Å². The van der Waals surface area contributed by atoms with Crippen molar-refractivity contribution in [2.75, 3.05) is 19.6 Å². The van der Waals surface area contributed by atoms with E-state index in [9.17, 15) is 9.90 Å². The topological polar surface area (TPSA) is 52.6 Å². The fourth-order valence-corrected chi connectivity index (χ4v) is 2.99. The van der Waals surface area contributed by atoms with Crippen LogP contribution in [-0.4, -0.2) is 47.7 Å². The molecule has 2 rings (SSSR count). The van der Waals surface area contributed by atoms with Gasteiger partial charge in [-0.25, -0.2) is 0 Å². The lowest BCUT2D eigenvalue weighted by atomic mass is 9.87. The van der Waals surface area contributed by atoms with Crippen molar-refractivity contribution in [1.82, 2.24) is 10.2 Å². The third-order valence-electron chi connectivity index (χ3n) is 4.32. The van der Waals surface area contributed by atoms with Gasteiger partial charge in [-0.15, -0.1) is 0 Å². The predicted molar refractivity (Wildman–Crippen MR) is 71.2 cm³/mol. The summed E-state index contributed by atoms with van der Waals surface area (Å²) in [6.07, 6.45) is 6.21. The normalized spacial score (nSPS) is 30.4. The van der Waals surface area contributed by atoms with Crippen LogP contribution in [0.15, 0.2) is 0 Å². The van der Waals surface area contributed by atoms with Gasteiger partial charge in [-0.05, 0) is 57.9 Å². The van der Waals surface area contributed by atoms with E-state index in [0.717, 1.165) is 58.2 Å². The Balaban J connectivity index is 1.67. The van der Waals surface area contributed by atoms with E-state index in [1.165, 1.54) is 0 Å². The van der Waals surface area contributed by atoms with E-state index in [1.54, 1.807) is 0 Å². The molecule has 1 aliphatic carbocycles. The molecule has 1 unspecified atom stereocenters. The van der Waals surface area contributed by atoms with Gasteiger partial charge in [0.15, 0.2) is 0 Å². The number of nitrogens with zero attached hydrogens (tertiary/aromatic N) is 1. The molecule has 1 saturated carbocycles. The molecule has 1 amide bonds. The van der Waals surface area contributed by atoms with Crippen molar-refractivity contribution in [3.63, 3.8) is 0 Å². The largest absolute Gasteiger partial charge is 0.393 e. The van der Waals surface area contributed by atoms with Gasteiger partial charge >= 0.3 is 0 Å². The monoisotopic (exact) mass is 254 g/mol. The van der Waals surface area contributed by atoms with Gasteiger partial charge in [-0.1, -0.05) is 0 Å². The fraction of sp³-hybridized carbons (Fsp3) is 0.929. The molecular weight excluding hydrogens is 228 g/mol. The lowest BCUT2D eigenvalue weighted by Crippen LogP contribution is -2.45. The third kappa shape index (κ3) is 3.69. The van der Waals surface area contributed by atoms with Gasteiger partial charge in [0.1, 0.15) is 0 Å². The molecule has 4 heteroatoms. The van der Waals surface area contributed by atoms with Crippen LogP contribution in [0.3, 0.4) is 0 Å². The summed E-state index contributed by atoms with van der Waals surface area (Å²) in [5.74, 6) is 0.880. The highest BCUT2D eigenvalue weighted by molar-refractivity contribution is 5.81. The first-order valence-corrected chi connectivity index (χ1v) is 7.37. The molecule has 104 valence electrons. The second kappa shape index (κ2) is 6.53. The van der Waals surface area contributed by atoms with Crippen LogP contribution < -0.4 is 5.32 Å². The number of carbonyl (C=O) groups excluding carboxylic acids is 1. The molecule has 1 heterocycles. The molecule has 2 N–H and O–H groups in total. The highest BCUT2D eigenvalue weighted by Gasteiger charge is 2.24. The first-order valence-electron chi connectivity index (χ1n) is 7.37. The van der Waals surface area contributed by atoms with Crippen LogP contribution in [0.2, 0.25) is 0 Å². The highest BCUT2D eigenvalue weighted by atomic mass is 16.3. The van der Waals surface area contributed by atoms with E-state index in [4.69, 9.17) is 0 Å². The minimum atomic E-state index is -0.0927. The maximum Gasteiger partial charge on any atom is 0.239 e. The Morgan fingerprint density at radius 3 is 2.50 bits per heavy atom. The zero-order chi connectivity index (χ0) is 13.0. The Morgan fingerprint density at radius 1 is 1.28 bits per heavy atom. The van der Waals surface area contributed by atoms with E-state index in [1.807, 2.05) is 11.8 Å². The maximum absolute atomic E-state index is 12.1. The number of rotatable bonds is 4. The molecule has 4 nitrogen and oxygen atoms in total. The van der Waals surface area contributed by atoms with Crippen LogP contribution >= 0.6 is 0 Å². The van der Waals surface area contributed by atoms with Crippen molar-refractivity contribution in [2.24, 2.45) is 5.92 Å². The van der Waals surface area contributed by atoms with E-state index in [0.29, 0.717) is 5.92 Å². The smallest absolute Gasteiger partial charge is 0.239 e. The predicted octanol–water partition coefficient (Wildman–Crippen LogP) is 1.14. The molecule has 1 aliphatic heterocycles. The Morgan fingerprint density at radius 2 is 1.89 bits per heavy atom. The third-order valence-corrected chi connectivity index (χ3v) is 4.32. The van der Waals surface area contributed by atoms with Gasteiger partial charge in [-0.3, -0.25) is 4.79 Å². The van der Waals surface area contributed by atoms with E-state index < -0.39 is 0 Å². The van der Waals surface area contributed by atoms with Crippen LogP contribution in [0.5, 0.6) is 0 Å². The molecule has 2 aliphatic rings. The minimum Gasteiger partial charge on any atom is -0.393 e. The standard InChI is InChI=1S/C14H26N2O2/c1-11(14(18)16-8-2-3-9-16)15-10-12-4-6-13(17)7-5-12/h11-13,15,17H,2-10H2,1H3. The summed E-state index contributed by atoms with van der Waals surface area (Å²) >= 11 is 0. The Kier molecular flexibility index (Phi) is 5.01. The molecule has 1 saturated heterocycles. The highest BCUT2D eigenvalue weighted by Crippen LogP contribution is 2.23. The zero-order valence-electron chi connectivity index (χ0n) is 11.4. The van der Waals surface area contributed by atoms with Crippen molar-refractivity contribution in [3.8, 4) is 0 Å².